The number of fused-ring (bicyclic) bond motifs is 3. The molecule has 2 atom stereocenters. The quantitative estimate of drug-likeness (QED) is 0.0302. The van der Waals surface area contributed by atoms with E-state index >= 15 is 0 Å². The van der Waals surface area contributed by atoms with Gasteiger partial charge in [-0.25, -0.2) is 14.6 Å². The number of imide groups is 2. The number of carbonyl (C=O) groups is 6. The number of carbonyl (C=O) groups excluding carboxylic acids is 6. The predicted molar refractivity (Wildman–Crippen MR) is 263 cm³/mol. The molecule has 69 heavy (non-hydrogen) atoms. The van der Waals surface area contributed by atoms with E-state index in [1.54, 1.807) is 86.7 Å². The molecular weight excluding hydrogens is 873 g/mol. The zero-order chi connectivity index (χ0) is 49.4. The van der Waals surface area contributed by atoms with Crippen LogP contribution in [0.1, 0.15) is 99.9 Å². The Bertz CT molecular complexity index is 2870. The van der Waals surface area contributed by atoms with Gasteiger partial charge in [0.05, 0.1) is 47.4 Å². The fraction of sp³-hybridized carbons (Fsp3) is 0.228. The summed E-state index contributed by atoms with van der Waals surface area (Å²) in [5, 5.41) is 0. The van der Waals surface area contributed by atoms with E-state index in [1.807, 2.05) is 37.3 Å². The van der Waals surface area contributed by atoms with Crippen molar-refractivity contribution in [3.63, 3.8) is 0 Å². The highest BCUT2D eigenvalue weighted by Crippen LogP contribution is 2.63. The lowest BCUT2D eigenvalue weighted by Crippen LogP contribution is -2.29. The topological polar surface area (TPSA) is 146 Å². The van der Waals surface area contributed by atoms with Crippen LogP contribution in [0.2, 0.25) is 0 Å². The van der Waals surface area contributed by atoms with Gasteiger partial charge in [0.15, 0.2) is 0 Å². The van der Waals surface area contributed by atoms with Crippen molar-refractivity contribution in [3.8, 4) is 11.5 Å². The summed E-state index contributed by atoms with van der Waals surface area (Å²) in [5.74, 6) is -0.720. The van der Waals surface area contributed by atoms with Crippen LogP contribution in [0.25, 0.3) is 0 Å². The second-order valence-electron chi connectivity index (χ2n) is 16.8. The van der Waals surface area contributed by atoms with Gasteiger partial charge < -0.3 is 18.9 Å². The standard InChI is InChI=1S/C55H50N2O10.C2H4/c1-6-9-38(10-8-27-64-42-19-21-45-47(31-42)52(61)56(50(45)59)40-15-11-36(12-16-40)24-28-65-49(58)7-2)35(5)55-26-23-44(30-39(55)33-55)67-43-20-22-46-48(32-43)53(62)57(51(46)60)41-17-13-37(14-18-41)25-29-66-54(63)34(3)4;1-2/h6,8-13,15-17,19-23,26-27,30-32,39H,3,5,7,14,18,24-25,28-29,33H2,1-2,4H3;1-2H2/b9-6-,27-8+,38-10+;. The van der Waals surface area contributed by atoms with Gasteiger partial charge in [-0.15, -0.1) is 13.2 Å². The van der Waals surface area contributed by atoms with Crippen LogP contribution in [-0.2, 0) is 25.5 Å². The molecule has 0 aromatic heterocycles. The lowest BCUT2D eigenvalue weighted by atomic mass is 9.85. The van der Waals surface area contributed by atoms with Crippen LogP contribution in [-0.4, -0.2) is 53.7 Å². The predicted octanol–water partition coefficient (Wildman–Crippen LogP) is 11.0. The van der Waals surface area contributed by atoms with Gasteiger partial charge in [0.1, 0.15) is 17.3 Å². The molecule has 4 amide bonds. The van der Waals surface area contributed by atoms with Crippen molar-refractivity contribution in [2.24, 2.45) is 11.3 Å². The highest BCUT2D eigenvalue weighted by Gasteiger charge is 2.55. The van der Waals surface area contributed by atoms with Crippen molar-refractivity contribution in [3.05, 3.63) is 209 Å². The van der Waals surface area contributed by atoms with Crippen LogP contribution in [0.4, 0.5) is 5.69 Å². The van der Waals surface area contributed by atoms with Gasteiger partial charge in [0, 0.05) is 35.9 Å². The molecular formula is C57H54N2O10. The molecule has 1 fully saturated rings. The fourth-order valence-electron chi connectivity index (χ4n) is 8.54. The number of ether oxygens (including phenoxy) is 4. The number of anilines is 1. The molecule has 1 saturated carbocycles. The Hall–Kier alpha value is -8.12. The molecule has 0 saturated heterocycles. The minimum absolute atomic E-state index is 0.137. The first-order valence-electron chi connectivity index (χ1n) is 22.8. The number of esters is 2. The van der Waals surface area contributed by atoms with E-state index in [2.05, 4.69) is 38.5 Å². The molecule has 3 aliphatic carbocycles. The Balaban J connectivity index is 0.00000347. The van der Waals surface area contributed by atoms with E-state index in [0.29, 0.717) is 71.9 Å². The molecule has 8 rings (SSSR count). The molecule has 0 bridgehead atoms. The van der Waals surface area contributed by atoms with E-state index in [1.165, 1.54) is 11.2 Å². The van der Waals surface area contributed by atoms with Crippen molar-refractivity contribution in [1.29, 1.82) is 0 Å². The Morgan fingerprint density at radius 2 is 1.45 bits per heavy atom. The summed E-state index contributed by atoms with van der Waals surface area (Å²) in [6.45, 7) is 19.8. The fourth-order valence-corrected chi connectivity index (χ4v) is 8.54. The zero-order valence-electron chi connectivity index (χ0n) is 39.1. The van der Waals surface area contributed by atoms with E-state index in [4.69, 9.17) is 18.9 Å². The Labute approximate surface area is 402 Å². The monoisotopic (exact) mass is 926 g/mol. The maximum absolute atomic E-state index is 13.6. The lowest BCUT2D eigenvalue weighted by Gasteiger charge is -2.21. The Morgan fingerprint density at radius 3 is 2.10 bits per heavy atom. The van der Waals surface area contributed by atoms with Crippen molar-refractivity contribution in [2.45, 2.75) is 59.3 Å². The van der Waals surface area contributed by atoms with E-state index in [-0.39, 0.29) is 53.1 Å². The van der Waals surface area contributed by atoms with Crippen molar-refractivity contribution >= 4 is 41.3 Å². The maximum atomic E-state index is 13.6. The highest BCUT2D eigenvalue weighted by molar-refractivity contribution is 6.34. The average Bonchev–Trinajstić information content (AvgIpc) is 3.98. The van der Waals surface area contributed by atoms with E-state index in [9.17, 15) is 28.8 Å². The maximum Gasteiger partial charge on any atom is 0.333 e. The molecule has 0 radical (unpaired) electrons. The Kier molecular flexibility index (Phi) is 15.0. The van der Waals surface area contributed by atoms with Crippen LogP contribution in [0.3, 0.4) is 0 Å². The summed E-state index contributed by atoms with van der Waals surface area (Å²) >= 11 is 0. The normalized spacial score (nSPS) is 19.0. The van der Waals surface area contributed by atoms with Crippen molar-refractivity contribution in [2.75, 3.05) is 18.1 Å². The molecule has 2 aliphatic heterocycles. The van der Waals surface area contributed by atoms with Gasteiger partial charge in [-0.2, -0.15) is 0 Å². The van der Waals surface area contributed by atoms with Gasteiger partial charge in [0.25, 0.3) is 23.6 Å². The summed E-state index contributed by atoms with van der Waals surface area (Å²) in [7, 11) is 0. The molecule has 3 aromatic carbocycles. The van der Waals surface area contributed by atoms with Crippen LogP contribution >= 0.6 is 0 Å². The number of nitrogens with zero attached hydrogens (tertiary/aromatic N) is 2. The van der Waals surface area contributed by atoms with E-state index < -0.39 is 23.7 Å². The molecule has 12 heteroatoms. The zero-order valence-corrected chi connectivity index (χ0v) is 39.1. The van der Waals surface area contributed by atoms with Gasteiger partial charge in [-0.1, -0.05) is 68.2 Å². The molecule has 352 valence electrons. The largest absolute Gasteiger partial charge is 0.465 e. The summed E-state index contributed by atoms with van der Waals surface area (Å²) in [6.07, 6.45) is 22.2. The lowest BCUT2D eigenvalue weighted by molar-refractivity contribution is -0.143. The number of benzene rings is 3. The molecule has 12 nitrogen and oxygen atoms in total. The average molecular weight is 927 g/mol. The second-order valence-corrected chi connectivity index (χ2v) is 16.8. The van der Waals surface area contributed by atoms with Crippen molar-refractivity contribution in [1.82, 2.24) is 4.90 Å². The number of hydrogen-bond donors (Lipinski definition) is 0. The first-order valence-corrected chi connectivity index (χ1v) is 22.8. The minimum Gasteiger partial charge on any atom is -0.465 e. The molecule has 3 aromatic rings. The molecule has 0 spiro atoms. The summed E-state index contributed by atoms with van der Waals surface area (Å²) < 4.78 is 22.5. The van der Waals surface area contributed by atoms with Crippen LogP contribution < -0.4 is 14.4 Å². The van der Waals surface area contributed by atoms with Crippen LogP contribution in [0, 0.1) is 11.3 Å². The Morgan fingerprint density at radius 1 is 0.797 bits per heavy atom. The molecule has 2 heterocycles. The number of amides is 4. The SMILES string of the molecule is C=C.C=C(C)C(=O)OCCC1=CC=C(N2C(=O)c3ccc(OC4=CC5CC5(C(=C)C(/C=C\C)=C/C=C/Oc5ccc6c(c5)C(=O)N(c5ccc(CCOC(=O)CC)cc5)C6=O)C=C4)cc3C2=O)CC1. The minimum atomic E-state index is -0.446. The summed E-state index contributed by atoms with van der Waals surface area (Å²) in [4.78, 5) is 79.3. The van der Waals surface area contributed by atoms with Crippen LogP contribution in [0.15, 0.2) is 182 Å². The number of rotatable bonds is 18. The summed E-state index contributed by atoms with van der Waals surface area (Å²) in [6, 6.07) is 16.8. The van der Waals surface area contributed by atoms with E-state index in [0.717, 1.165) is 33.6 Å². The third-order valence-electron chi connectivity index (χ3n) is 12.4. The smallest absolute Gasteiger partial charge is 0.333 e. The first-order chi connectivity index (χ1) is 33.3. The van der Waals surface area contributed by atoms with Crippen LogP contribution in [0.5, 0.6) is 11.5 Å². The highest BCUT2D eigenvalue weighted by atomic mass is 16.5. The molecule has 5 aliphatic rings. The van der Waals surface area contributed by atoms with Gasteiger partial charge in [-0.05, 0) is 129 Å². The molecule has 0 N–H and O–H groups in total. The molecule has 2 unspecified atom stereocenters. The number of hydrogen-bond acceptors (Lipinski definition) is 10. The van der Waals surface area contributed by atoms with Gasteiger partial charge in [0.2, 0.25) is 0 Å². The van der Waals surface area contributed by atoms with Gasteiger partial charge >= 0.3 is 11.9 Å². The van der Waals surface area contributed by atoms with Gasteiger partial charge in [-0.3, -0.25) is 24.0 Å². The first kappa shape index (κ1) is 48.8. The third kappa shape index (κ3) is 10.4. The second kappa shape index (κ2) is 21.2. The number of allylic oxidation sites excluding steroid dienone is 12. The third-order valence-corrected chi connectivity index (χ3v) is 12.4. The summed E-state index contributed by atoms with van der Waals surface area (Å²) in [5.41, 5.74) is 6.04. The van der Waals surface area contributed by atoms with Crippen molar-refractivity contribution < 1.29 is 47.7 Å².